The number of methoxy groups -OCH3 is 1. The maximum atomic E-state index is 5.01. The molecule has 2 aromatic rings. The molecule has 0 fully saturated rings. The summed E-state index contributed by atoms with van der Waals surface area (Å²) in [5, 5.41) is 0. The number of hydrogen-bond acceptors (Lipinski definition) is 2. The first-order valence-electron chi connectivity index (χ1n) is 4.55. The fraction of sp³-hybridized carbons (Fsp3) is 0.0833. The molecule has 0 radical (unpaired) electrons. The molecule has 2 nitrogen and oxygen atoms in total. The summed E-state index contributed by atoms with van der Waals surface area (Å²) in [4.78, 5) is 4.17. The van der Waals surface area contributed by atoms with Crippen molar-refractivity contribution >= 4 is 22.6 Å². The van der Waals surface area contributed by atoms with Crippen molar-refractivity contribution in [2.45, 2.75) is 0 Å². The van der Waals surface area contributed by atoms with E-state index in [1.165, 1.54) is 9.13 Å². The van der Waals surface area contributed by atoms with Crippen molar-refractivity contribution in [2.75, 3.05) is 7.11 Å². The van der Waals surface area contributed by atoms with Gasteiger partial charge in [-0.25, -0.2) is 4.98 Å². The van der Waals surface area contributed by atoms with Crippen LogP contribution in [0.15, 0.2) is 42.6 Å². The summed E-state index contributed by atoms with van der Waals surface area (Å²) in [5.41, 5.74) is 2.28. The minimum Gasteiger partial charge on any atom is -0.481 e. The fourth-order valence-electron chi connectivity index (χ4n) is 1.31. The number of halogens is 1. The van der Waals surface area contributed by atoms with E-state index in [4.69, 9.17) is 4.74 Å². The molecular formula is C12H10INO. The number of pyridine rings is 1. The molecule has 0 spiro atoms. The van der Waals surface area contributed by atoms with Crippen molar-refractivity contribution in [1.82, 2.24) is 4.98 Å². The first kappa shape index (κ1) is 10.4. The Bertz CT molecular complexity index is 436. The van der Waals surface area contributed by atoms with Crippen LogP contribution in [-0.4, -0.2) is 12.1 Å². The summed E-state index contributed by atoms with van der Waals surface area (Å²) in [5.74, 6) is 0.643. The Morgan fingerprint density at radius 3 is 2.20 bits per heavy atom. The molecule has 0 aliphatic heterocycles. The molecule has 2 rings (SSSR count). The summed E-state index contributed by atoms with van der Waals surface area (Å²) in [6.45, 7) is 0. The molecule has 1 aromatic heterocycles. The first-order chi connectivity index (χ1) is 7.29. The van der Waals surface area contributed by atoms with Crippen molar-refractivity contribution < 1.29 is 4.74 Å². The van der Waals surface area contributed by atoms with E-state index in [9.17, 15) is 0 Å². The lowest BCUT2D eigenvalue weighted by Crippen LogP contribution is -1.87. The average Bonchev–Trinajstić information content (AvgIpc) is 2.30. The zero-order valence-electron chi connectivity index (χ0n) is 8.27. The number of rotatable bonds is 2. The molecule has 3 heteroatoms. The maximum absolute atomic E-state index is 5.01. The van der Waals surface area contributed by atoms with E-state index in [-0.39, 0.29) is 0 Å². The van der Waals surface area contributed by atoms with E-state index in [1.54, 1.807) is 7.11 Å². The Balaban J connectivity index is 2.33. The lowest BCUT2D eigenvalue weighted by Gasteiger charge is -2.02. The summed E-state index contributed by atoms with van der Waals surface area (Å²) >= 11 is 2.29. The Labute approximate surface area is 102 Å². The van der Waals surface area contributed by atoms with Gasteiger partial charge in [0.25, 0.3) is 0 Å². The molecule has 0 saturated heterocycles. The highest BCUT2D eigenvalue weighted by molar-refractivity contribution is 14.1. The summed E-state index contributed by atoms with van der Waals surface area (Å²) in [6.07, 6.45) is 1.82. The van der Waals surface area contributed by atoms with Crippen LogP contribution in [0.3, 0.4) is 0 Å². The molecule has 1 heterocycles. The highest BCUT2D eigenvalue weighted by Gasteiger charge is 1.98. The van der Waals surface area contributed by atoms with Crippen molar-refractivity contribution in [3.63, 3.8) is 0 Å². The monoisotopic (exact) mass is 311 g/mol. The number of ether oxygens (including phenoxy) is 1. The minimum atomic E-state index is 0.643. The van der Waals surface area contributed by atoms with E-state index in [0.29, 0.717) is 5.88 Å². The van der Waals surface area contributed by atoms with Crippen LogP contribution in [-0.2, 0) is 0 Å². The molecule has 0 aliphatic rings. The molecule has 15 heavy (non-hydrogen) atoms. The second-order valence-corrected chi connectivity index (χ2v) is 4.34. The fourth-order valence-corrected chi connectivity index (χ4v) is 1.67. The van der Waals surface area contributed by atoms with Gasteiger partial charge in [0.1, 0.15) is 0 Å². The summed E-state index contributed by atoms with van der Waals surface area (Å²) < 4.78 is 6.25. The van der Waals surface area contributed by atoms with Gasteiger partial charge in [0, 0.05) is 21.4 Å². The van der Waals surface area contributed by atoms with Crippen LogP contribution in [0, 0.1) is 3.57 Å². The van der Waals surface area contributed by atoms with E-state index in [2.05, 4.69) is 51.8 Å². The maximum Gasteiger partial charge on any atom is 0.212 e. The summed E-state index contributed by atoms with van der Waals surface area (Å²) in [7, 11) is 1.62. The number of benzene rings is 1. The molecule has 0 atom stereocenters. The molecule has 0 N–H and O–H groups in total. The Morgan fingerprint density at radius 1 is 1.00 bits per heavy atom. The molecule has 0 bridgehead atoms. The predicted octanol–water partition coefficient (Wildman–Crippen LogP) is 3.36. The third-order valence-corrected chi connectivity index (χ3v) is 2.84. The summed E-state index contributed by atoms with van der Waals surface area (Å²) in [6, 6.07) is 12.2. The van der Waals surface area contributed by atoms with Crippen molar-refractivity contribution in [1.29, 1.82) is 0 Å². The van der Waals surface area contributed by atoms with Gasteiger partial charge in [0.2, 0.25) is 5.88 Å². The van der Waals surface area contributed by atoms with Gasteiger partial charge < -0.3 is 4.74 Å². The van der Waals surface area contributed by atoms with Gasteiger partial charge in [0.05, 0.1) is 7.11 Å². The highest BCUT2D eigenvalue weighted by Crippen LogP contribution is 2.20. The van der Waals surface area contributed by atoms with Crippen molar-refractivity contribution in [2.24, 2.45) is 0 Å². The smallest absolute Gasteiger partial charge is 0.212 e. The first-order valence-corrected chi connectivity index (χ1v) is 5.63. The lowest BCUT2D eigenvalue weighted by molar-refractivity contribution is 0.398. The zero-order chi connectivity index (χ0) is 10.7. The zero-order valence-corrected chi connectivity index (χ0v) is 10.4. The van der Waals surface area contributed by atoms with Gasteiger partial charge in [-0.1, -0.05) is 12.1 Å². The van der Waals surface area contributed by atoms with E-state index < -0.39 is 0 Å². The topological polar surface area (TPSA) is 22.1 Å². The molecule has 76 valence electrons. The quantitative estimate of drug-likeness (QED) is 0.794. The molecule has 1 aromatic carbocycles. The van der Waals surface area contributed by atoms with Crippen LogP contribution in [0.4, 0.5) is 0 Å². The molecule has 0 aliphatic carbocycles. The Morgan fingerprint density at radius 2 is 1.67 bits per heavy atom. The van der Waals surface area contributed by atoms with Gasteiger partial charge in [-0.3, -0.25) is 0 Å². The minimum absolute atomic E-state index is 0.643. The van der Waals surface area contributed by atoms with Crippen molar-refractivity contribution in [3.05, 3.63) is 46.2 Å². The van der Waals surface area contributed by atoms with Crippen LogP contribution in [0.1, 0.15) is 0 Å². The van der Waals surface area contributed by atoms with Crippen LogP contribution < -0.4 is 4.74 Å². The third kappa shape index (κ3) is 2.47. The number of nitrogens with zero attached hydrogens (tertiary/aromatic N) is 1. The molecule has 0 unspecified atom stereocenters. The van der Waals surface area contributed by atoms with Gasteiger partial charge in [-0.2, -0.15) is 0 Å². The predicted molar refractivity (Wildman–Crippen MR) is 68.9 cm³/mol. The Kier molecular flexibility index (Phi) is 3.20. The second kappa shape index (κ2) is 4.61. The van der Waals surface area contributed by atoms with Crippen LogP contribution >= 0.6 is 22.6 Å². The van der Waals surface area contributed by atoms with Crippen LogP contribution in [0.5, 0.6) is 5.88 Å². The molecular weight excluding hydrogens is 301 g/mol. The largest absolute Gasteiger partial charge is 0.481 e. The number of aromatic nitrogens is 1. The standard InChI is InChI=1S/C12H10INO/c1-15-12-7-4-10(8-14-12)9-2-5-11(13)6-3-9/h2-8H,1H3. The van der Waals surface area contributed by atoms with E-state index in [1.807, 2.05) is 18.3 Å². The van der Waals surface area contributed by atoms with E-state index in [0.717, 1.165) is 5.56 Å². The van der Waals surface area contributed by atoms with Crippen LogP contribution in [0.25, 0.3) is 11.1 Å². The van der Waals surface area contributed by atoms with Gasteiger partial charge in [-0.15, -0.1) is 0 Å². The normalized spacial score (nSPS) is 10.0. The van der Waals surface area contributed by atoms with Gasteiger partial charge in [-0.05, 0) is 46.4 Å². The Hall–Kier alpha value is -1.10. The molecule has 0 saturated carbocycles. The van der Waals surface area contributed by atoms with E-state index >= 15 is 0 Å². The van der Waals surface area contributed by atoms with Gasteiger partial charge in [0.15, 0.2) is 0 Å². The number of hydrogen-bond donors (Lipinski definition) is 0. The highest BCUT2D eigenvalue weighted by atomic mass is 127. The lowest BCUT2D eigenvalue weighted by atomic mass is 10.1. The average molecular weight is 311 g/mol. The third-order valence-electron chi connectivity index (χ3n) is 2.12. The van der Waals surface area contributed by atoms with Crippen LogP contribution in [0.2, 0.25) is 0 Å². The molecule has 0 amide bonds. The van der Waals surface area contributed by atoms with Crippen molar-refractivity contribution in [3.8, 4) is 17.0 Å². The SMILES string of the molecule is COc1ccc(-c2ccc(I)cc2)cn1. The second-order valence-electron chi connectivity index (χ2n) is 3.10. The van der Waals surface area contributed by atoms with Gasteiger partial charge >= 0.3 is 0 Å².